The summed E-state index contributed by atoms with van der Waals surface area (Å²) in [5.74, 6) is -0.800. The molecule has 1 fully saturated rings. The lowest BCUT2D eigenvalue weighted by molar-refractivity contribution is 0.0694. The predicted molar refractivity (Wildman–Crippen MR) is 62.9 cm³/mol. The van der Waals surface area contributed by atoms with Crippen LogP contribution in [0.4, 0.5) is 0 Å². The van der Waals surface area contributed by atoms with E-state index < -0.39 is 5.97 Å². The number of carbonyl (C=O) groups is 1. The number of nitrogens with one attached hydrogen (secondary N) is 1. The van der Waals surface area contributed by atoms with Crippen molar-refractivity contribution in [2.45, 2.75) is 31.6 Å². The Hall–Kier alpha value is -1.10. The number of aromatic nitrogens is 1. The van der Waals surface area contributed by atoms with Crippen molar-refractivity contribution in [1.82, 2.24) is 4.98 Å². The van der Waals surface area contributed by atoms with E-state index in [0.29, 0.717) is 5.69 Å². The summed E-state index contributed by atoms with van der Waals surface area (Å²) in [6.45, 7) is 0. The van der Waals surface area contributed by atoms with Gasteiger partial charge in [-0.2, -0.15) is 0 Å². The molecule has 1 heterocycles. The molecule has 1 saturated carbocycles. The van der Waals surface area contributed by atoms with Crippen LogP contribution in [0.25, 0.3) is 0 Å². The van der Waals surface area contributed by atoms with Crippen LogP contribution in [0.1, 0.15) is 47.7 Å². The number of hydrogen-bond donors (Lipinski definition) is 2. The van der Waals surface area contributed by atoms with Crippen LogP contribution in [0.3, 0.4) is 0 Å². The van der Waals surface area contributed by atoms with Crippen molar-refractivity contribution in [3.63, 3.8) is 0 Å². The van der Waals surface area contributed by atoms with E-state index in [-0.39, 0.29) is 21.5 Å². The summed E-state index contributed by atoms with van der Waals surface area (Å²) in [4.78, 5) is 25.3. The first-order chi connectivity index (χ1) is 7.59. The first-order valence-corrected chi connectivity index (χ1v) is 6.05. The molecule has 1 aromatic heterocycles. The van der Waals surface area contributed by atoms with E-state index in [2.05, 4.69) is 20.9 Å². The van der Waals surface area contributed by atoms with E-state index >= 15 is 0 Å². The van der Waals surface area contributed by atoms with Crippen molar-refractivity contribution in [3.05, 3.63) is 32.2 Å². The van der Waals surface area contributed by atoms with E-state index in [1.165, 1.54) is 6.07 Å². The minimum atomic E-state index is -0.987. The summed E-state index contributed by atoms with van der Waals surface area (Å²) >= 11 is 3.05. The Morgan fingerprint density at radius 3 is 2.62 bits per heavy atom. The quantitative estimate of drug-likeness (QED) is 0.877. The highest BCUT2D eigenvalue weighted by Gasteiger charge is 2.24. The molecular formula is C11H12BrNO3. The van der Waals surface area contributed by atoms with Crippen LogP contribution in [-0.4, -0.2) is 16.1 Å². The summed E-state index contributed by atoms with van der Waals surface area (Å²) in [5.41, 5.74) is 0.531. The van der Waals surface area contributed by atoms with Crippen LogP contribution >= 0.6 is 15.9 Å². The summed E-state index contributed by atoms with van der Waals surface area (Å²) in [5, 5.41) is 9.10. The number of aromatic amines is 1. The van der Waals surface area contributed by atoms with Gasteiger partial charge in [-0.15, -0.1) is 0 Å². The second-order valence-electron chi connectivity index (χ2n) is 4.06. The number of hydrogen-bond acceptors (Lipinski definition) is 2. The van der Waals surface area contributed by atoms with Gasteiger partial charge in [0.25, 0.3) is 5.56 Å². The van der Waals surface area contributed by atoms with Crippen molar-refractivity contribution in [3.8, 4) is 0 Å². The molecule has 1 aliphatic carbocycles. The zero-order chi connectivity index (χ0) is 11.7. The standard InChI is InChI=1S/C11H12BrNO3/c12-8-5-7(11(15)16)9(13-10(8)14)6-3-1-2-4-6/h5-6H,1-4H2,(H,13,14)(H,15,16). The van der Waals surface area contributed by atoms with Crippen LogP contribution in [0.2, 0.25) is 0 Å². The molecule has 0 amide bonds. The fraction of sp³-hybridized carbons (Fsp3) is 0.455. The molecule has 0 unspecified atom stereocenters. The van der Waals surface area contributed by atoms with Crippen LogP contribution in [0.15, 0.2) is 15.3 Å². The molecule has 0 radical (unpaired) electrons. The lowest BCUT2D eigenvalue weighted by Crippen LogP contribution is -2.17. The molecule has 86 valence electrons. The lowest BCUT2D eigenvalue weighted by Gasteiger charge is -2.12. The van der Waals surface area contributed by atoms with Gasteiger partial charge in [0, 0.05) is 5.69 Å². The summed E-state index contributed by atoms with van der Waals surface area (Å²) in [6.07, 6.45) is 4.11. The van der Waals surface area contributed by atoms with Crippen molar-refractivity contribution >= 4 is 21.9 Å². The Bertz CT molecular complexity index is 475. The van der Waals surface area contributed by atoms with Gasteiger partial charge in [-0.25, -0.2) is 4.79 Å². The molecule has 5 heteroatoms. The largest absolute Gasteiger partial charge is 0.478 e. The summed E-state index contributed by atoms with van der Waals surface area (Å²) in [7, 11) is 0. The number of H-pyrrole nitrogens is 1. The molecular weight excluding hydrogens is 274 g/mol. The highest BCUT2D eigenvalue weighted by atomic mass is 79.9. The van der Waals surface area contributed by atoms with E-state index in [1.54, 1.807) is 0 Å². The molecule has 0 bridgehead atoms. The Morgan fingerprint density at radius 2 is 2.06 bits per heavy atom. The van der Waals surface area contributed by atoms with Crippen molar-refractivity contribution in [2.24, 2.45) is 0 Å². The second kappa shape index (κ2) is 4.41. The second-order valence-corrected chi connectivity index (χ2v) is 4.91. The van der Waals surface area contributed by atoms with Gasteiger partial charge in [0.2, 0.25) is 0 Å². The fourth-order valence-electron chi connectivity index (χ4n) is 2.23. The maximum Gasteiger partial charge on any atom is 0.337 e. The van der Waals surface area contributed by atoms with Gasteiger partial charge in [-0.3, -0.25) is 4.79 Å². The highest BCUT2D eigenvalue weighted by molar-refractivity contribution is 9.10. The smallest absolute Gasteiger partial charge is 0.337 e. The molecule has 2 N–H and O–H groups in total. The minimum Gasteiger partial charge on any atom is -0.478 e. The summed E-state index contributed by atoms with van der Waals surface area (Å²) < 4.78 is 0.270. The third-order valence-electron chi connectivity index (χ3n) is 3.02. The summed E-state index contributed by atoms with van der Waals surface area (Å²) in [6, 6.07) is 1.40. The zero-order valence-corrected chi connectivity index (χ0v) is 10.2. The van der Waals surface area contributed by atoms with Gasteiger partial charge in [0.05, 0.1) is 10.0 Å². The molecule has 2 rings (SSSR count). The first kappa shape index (κ1) is 11.4. The average Bonchev–Trinajstić information content (AvgIpc) is 2.74. The monoisotopic (exact) mass is 285 g/mol. The predicted octanol–water partition coefficient (Wildman–Crippen LogP) is 2.49. The average molecular weight is 286 g/mol. The van der Waals surface area contributed by atoms with Crippen molar-refractivity contribution in [2.75, 3.05) is 0 Å². The van der Waals surface area contributed by atoms with E-state index in [4.69, 9.17) is 5.11 Å². The number of rotatable bonds is 2. The van der Waals surface area contributed by atoms with E-state index in [1.807, 2.05) is 0 Å². The molecule has 0 aromatic carbocycles. The molecule has 0 saturated heterocycles. The van der Waals surface area contributed by atoms with Gasteiger partial charge >= 0.3 is 5.97 Å². The molecule has 0 atom stereocenters. The Labute approximate surface area is 101 Å². The maximum absolute atomic E-state index is 11.5. The van der Waals surface area contributed by atoms with Gasteiger partial charge < -0.3 is 10.1 Å². The van der Waals surface area contributed by atoms with E-state index in [9.17, 15) is 9.59 Å². The first-order valence-electron chi connectivity index (χ1n) is 5.25. The van der Waals surface area contributed by atoms with Gasteiger partial charge in [0.1, 0.15) is 0 Å². The lowest BCUT2D eigenvalue weighted by atomic mass is 9.99. The molecule has 16 heavy (non-hydrogen) atoms. The van der Waals surface area contributed by atoms with Crippen LogP contribution in [-0.2, 0) is 0 Å². The normalized spacial score (nSPS) is 16.6. The van der Waals surface area contributed by atoms with Gasteiger partial charge in [-0.05, 0) is 40.8 Å². The maximum atomic E-state index is 11.5. The van der Waals surface area contributed by atoms with Crippen LogP contribution < -0.4 is 5.56 Å². The fourth-order valence-corrected chi connectivity index (χ4v) is 2.56. The Morgan fingerprint density at radius 1 is 1.44 bits per heavy atom. The van der Waals surface area contributed by atoms with Gasteiger partial charge in [0.15, 0.2) is 0 Å². The third kappa shape index (κ3) is 2.04. The highest BCUT2D eigenvalue weighted by Crippen LogP contribution is 2.34. The van der Waals surface area contributed by atoms with Crippen molar-refractivity contribution in [1.29, 1.82) is 0 Å². The van der Waals surface area contributed by atoms with Gasteiger partial charge in [-0.1, -0.05) is 12.8 Å². The van der Waals surface area contributed by atoms with E-state index in [0.717, 1.165) is 25.7 Å². The minimum absolute atomic E-state index is 0.187. The molecule has 1 aromatic rings. The number of carboxylic acids is 1. The number of carboxylic acid groups (broad SMARTS) is 1. The molecule has 4 nitrogen and oxygen atoms in total. The van der Waals surface area contributed by atoms with Crippen molar-refractivity contribution < 1.29 is 9.90 Å². The number of halogens is 1. The number of pyridine rings is 1. The zero-order valence-electron chi connectivity index (χ0n) is 8.62. The van der Waals surface area contributed by atoms with Crippen LogP contribution in [0.5, 0.6) is 0 Å². The topological polar surface area (TPSA) is 70.2 Å². The third-order valence-corrected chi connectivity index (χ3v) is 3.61. The number of aromatic carboxylic acids is 1. The molecule has 0 aliphatic heterocycles. The SMILES string of the molecule is O=C(O)c1cc(Br)c(=O)[nH]c1C1CCCC1. The molecule has 1 aliphatic rings. The molecule has 0 spiro atoms. The Balaban J connectivity index is 2.52. The Kier molecular flexibility index (Phi) is 3.14. The van der Waals surface area contributed by atoms with Crippen LogP contribution in [0, 0.1) is 0 Å².